The van der Waals surface area contributed by atoms with Gasteiger partial charge in [0.05, 0.1) is 23.0 Å². The molecule has 0 aliphatic carbocycles. The van der Waals surface area contributed by atoms with Crippen LogP contribution < -0.4 is 10.2 Å². The van der Waals surface area contributed by atoms with Gasteiger partial charge in [0.25, 0.3) is 0 Å². The van der Waals surface area contributed by atoms with Crippen LogP contribution in [-0.2, 0) is 4.79 Å². The highest BCUT2D eigenvalue weighted by Gasteiger charge is 2.10. The summed E-state index contributed by atoms with van der Waals surface area (Å²) in [6, 6.07) is 9.60. The molecule has 1 N–H and O–H groups in total. The molecule has 30 heavy (non-hydrogen) atoms. The number of carbonyl (C=O) groups is 1. The molecule has 2 heterocycles. The van der Waals surface area contributed by atoms with Gasteiger partial charge in [0, 0.05) is 6.42 Å². The molecule has 0 fully saturated rings. The van der Waals surface area contributed by atoms with E-state index in [0.717, 1.165) is 38.2 Å². The molecule has 0 bridgehead atoms. The van der Waals surface area contributed by atoms with Crippen LogP contribution in [0.25, 0.3) is 10.2 Å². The second kappa shape index (κ2) is 11.8. The number of aromatic nitrogens is 1. The number of thiazole rings is 1. The largest absolute Gasteiger partial charge is 0.494 e. The number of fused-ring (bicyclic) bond motifs is 1. The van der Waals surface area contributed by atoms with Crippen molar-refractivity contribution in [1.82, 2.24) is 10.4 Å². The van der Waals surface area contributed by atoms with E-state index in [4.69, 9.17) is 9.15 Å². The molecule has 3 aromatic rings. The predicted molar refractivity (Wildman–Crippen MR) is 123 cm³/mol. The van der Waals surface area contributed by atoms with Gasteiger partial charge in [-0.25, -0.2) is 10.4 Å². The number of unbranched alkanes of at least 4 members (excludes halogenated alkanes) is 4. The molecular formula is C22H27N3O3S2. The molecule has 1 amide bonds. The van der Waals surface area contributed by atoms with E-state index in [-0.39, 0.29) is 5.91 Å². The first-order valence-corrected chi connectivity index (χ1v) is 11.9. The van der Waals surface area contributed by atoms with Crippen molar-refractivity contribution in [1.29, 1.82) is 0 Å². The highest BCUT2D eigenvalue weighted by Crippen LogP contribution is 2.36. The summed E-state index contributed by atoms with van der Waals surface area (Å²) in [7, 11) is 0. The van der Waals surface area contributed by atoms with Crippen LogP contribution in [0.1, 0.15) is 58.1 Å². The predicted octanol–water partition coefficient (Wildman–Crippen LogP) is 6.25. The smallest absolute Gasteiger partial charge is 0.240 e. The number of hydrogen-bond acceptors (Lipinski definition) is 7. The van der Waals surface area contributed by atoms with Crippen LogP contribution in [0.4, 0.5) is 0 Å². The molecule has 0 saturated carbocycles. The van der Waals surface area contributed by atoms with E-state index in [1.165, 1.54) is 37.2 Å². The van der Waals surface area contributed by atoms with Crippen LogP contribution in [0.2, 0.25) is 0 Å². The number of carbonyl (C=O) groups excluding carboxylic acids is 1. The molecule has 6 nitrogen and oxygen atoms in total. The lowest BCUT2D eigenvalue weighted by atomic mass is 10.1. The van der Waals surface area contributed by atoms with Crippen LogP contribution in [0.15, 0.2) is 49.3 Å². The van der Waals surface area contributed by atoms with Gasteiger partial charge in [0.1, 0.15) is 11.5 Å². The minimum Gasteiger partial charge on any atom is -0.494 e. The normalized spacial score (nSPS) is 11.4. The molecule has 3 rings (SSSR count). The van der Waals surface area contributed by atoms with E-state index >= 15 is 0 Å². The number of amides is 1. The van der Waals surface area contributed by atoms with Gasteiger partial charge in [-0.1, -0.05) is 32.6 Å². The zero-order valence-corrected chi connectivity index (χ0v) is 19.0. The summed E-state index contributed by atoms with van der Waals surface area (Å²) in [6.45, 7) is 4.79. The zero-order chi connectivity index (χ0) is 21.2. The molecule has 0 saturated heterocycles. The average molecular weight is 446 g/mol. The van der Waals surface area contributed by atoms with Crippen LogP contribution in [0, 0.1) is 0 Å². The topological polar surface area (TPSA) is 76.7 Å². The lowest BCUT2D eigenvalue weighted by Gasteiger charge is -2.00. The summed E-state index contributed by atoms with van der Waals surface area (Å²) in [6.07, 6.45) is 7.62. The van der Waals surface area contributed by atoms with Gasteiger partial charge in [-0.2, -0.15) is 5.10 Å². The molecule has 0 aliphatic heterocycles. The Kier molecular flexibility index (Phi) is 8.77. The molecule has 0 radical (unpaired) electrons. The summed E-state index contributed by atoms with van der Waals surface area (Å²) < 4.78 is 13.3. The van der Waals surface area contributed by atoms with E-state index in [1.807, 2.05) is 37.3 Å². The molecular weight excluding hydrogens is 418 g/mol. The minimum absolute atomic E-state index is 0.0650. The number of hydrazone groups is 1. The fourth-order valence-corrected chi connectivity index (χ4v) is 4.84. The van der Waals surface area contributed by atoms with Crippen LogP contribution in [-0.4, -0.2) is 23.7 Å². The molecule has 2 aromatic heterocycles. The Labute approximate surface area is 185 Å². The first-order chi connectivity index (χ1) is 14.7. The fraction of sp³-hybridized carbons (Fsp3) is 0.409. The second-order valence-electron chi connectivity index (χ2n) is 6.76. The van der Waals surface area contributed by atoms with Gasteiger partial charge in [0.2, 0.25) is 5.91 Å². The number of ether oxygens (including phenoxy) is 1. The molecule has 0 aliphatic rings. The van der Waals surface area contributed by atoms with Gasteiger partial charge >= 0.3 is 0 Å². The minimum atomic E-state index is -0.0650. The van der Waals surface area contributed by atoms with Gasteiger partial charge in [-0.05, 0) is 55.4 Å². The van der Waals surface area contributed by atoms with Crippen LogP contribution >= 0.6 is 23.1 Å². The Bertz CT molecular complexity index is 981. The van der Waals surface area contributed by atoms with Gasteiger partial charge in [-0.15, -0.1) is 11.3 Å². The van der Waals surface area contributed by atoms with Crippen molar-refractivity contribution in [3.63, 3.8) is 0 Å². The maximum Gasteiger partial charge on any atom is 0.240 e. The Morgan fingerprint density at radius 2 is 2.10 bits per heavy atom. The van der Waals surface area contributed by atoms with E-state index in [1.54, 1.807) is 11.3 Å². The third kappa shape index (κ3) is 6.88. The SMILES string of the molecule is CCCCCCCC(=O)NN=Cc1ccc(Sc2nc3ccc(OCC)cc3s2)o1. The van der Waals surface area contributed by atoms with Crippen LogP contribution in [0.3, 0.4) is 0 Å². The Hall–Kier alpha value is -2.32. The quantitative estimate of drug-likeness (QED) is 0.203. The van der Waals surface area contributed by atoms with Crippen molar-refractivity contribution in [2.45, 2.75) is 61.8 Å². The number of nitrogens with zero attached hydrogens (tertiary/aromatic N) is 2. The number of hydrogen-bond donors (Lipinski definition) is 1. The van der Waals surface area contributed by atoms with Crippen molar-refractivity contribution in [2.24, 2.45) is 5.10 Å². The van der Waals surface area contributed by atoms with Crippen molar-refractivity contribution < 1.29 is 13.9 Å². The number of nitrogens with one attached hydrogen (secondary N) is 1. The monoisotopic (exact) mass is 445 g/mol. The second-order valence-corrected chi connectivity index (χ2v) is 9.04. The maximum atomic E-state index is 11.8. The molecule has 160 valence electrons. The first-order valence-electron chi connectivity index (χ1n) is 10.3. The summed E-state index contributed by atoms with van der Waals surface area (Å²) in [5.74, 6) is 1.37. The van der Waals surface area contributed by atoms with E-state index in [9.17, 15) is 4.79 Å². The van der Waals surface area contributed by atoms with Crippen molar-refractivity contribution in [2.75, 3.05) is 6.61 Å². The molecule has 8 heteroatoms. The molecule has 0 atom stereocenters. The van der Waals surface area contributed by atoms with E-state index in [0.29, 0.717) is 18.8 Å². The molecule has 0 spiro atoms. The summed E-state index contributed by atoms with van der Waals surface area (Å²) in [4.78, 5) is 16.4. The van der Waals surface area contributed by atoms with Crippen LogP contribution in [0.5, 0.6) is 5.75 Å². The lowest BCUT2D eigenvalue weighted by molar-refractivity contribution is -0.121. The van der Waals surface area contributed by atoms with Gasteiger partial charge in [-0.3, -0.25) is 4.79 Å². The number of furan rings is 1. The number of rotatable bonds is 12. The zero-order valence-electron chi connectivity index (χ0n) is 17.3. The van der Waals surface area contributed by atoms with Crippen molar-refractivity contribution in [3.8, 4) is 5.75 Å². The molecule has 0 unspecified atom stereocenters. The Morgan fingerprint density at radius 1 is 1.23 bits per heavy atom. The lowest BCUT2D eigenvalue weighted by Crippen LogP contribution is -2.16. The summed E-state index contributed by atoms with van der Waals surface area (Å²) in [5, 5.41) is 4.71. The third-order valence-electron chi connectivity index (χ3n) is 4.33. The summed E-state index contributed by atoms with van der Waals surface area (Å²) in [5.41, 5.74) is 3.50. The third-order valence-corrected chi connectivity index (χ3v) is 6.33. The first kappa shape index (κ1) is 22.4. The van der Waals surface area contributed by atoms with E-state index < -0.39 is 0 Å². The highest BCUT2D eigenvalue weighted by molar-refractivity contribution is 8.01. The maximum absolute atomic E-state index is 11.8. The van der Waals surface area contributed by atoms with E-state index in [2.05, 4.69) is 22.4 Å². The average Bonchev–Trinajstić information content (AvgIpc) is 3.34. The van der Waals surface area contributed by atoms with Gasteiger partial charge < -0.3 is 9.15 Å². The fourth-order valence-electron chi connectivity index (χ4n) is 2.84. The van der Waals surface area contributed by atoms with Crippen molar-refractivity contribution >= 4 is 45.4 Å². The Balaban J connectivity index is 1.48. The standard InChI is InChI=1S/C22H27N3O3S2/c1-3-5-6-7-8-9-20(26)25-23-15-17-11-13-21(28-17)30-22-24-18-12-10-16(27-4-2)14-19(18)29-22/h10-15H,3-9H2,1-2H3,(H,25,26). The Morgan fingerprint density at radius 3 is 2.93 bits per heavy atom. The number of benzene rings is 1. The highest BCUT2D eigenvalue weighted by atomic mass is 32.2. The van der Waals surface area contributed by atoms with Gasteiger partial charge in [0.15, 0.2) is 9.43 Å². The summed E-state index contributed by atoms with van der Waals surface area (Å²) >= 11 is 3.06. The van der Waals surface area contributed by atoms with Crippen molar-refractivity contribution in [3.05, 3.63) is 36.1 Å². The molecule has 1 aromatic carbocycles.